The third-order valence-corrected chi connectivity index (χ3v) is 8.38. The standard InChI is InChI=1S/C31H35FN8O7S/c1-4-46-29(41)20-17-34-30(35-18-20)39-7-5-22(6-8-39)47-25-15-21(32)14-23-26(36-31(37-27(23)25)40-9-11-45-12-10-40)19-13-24(38-48(3,42)43)28(44-2)33-16-19/h13-18,22,38H,4-12H2,1-3H3. The molecule has 2 saturated heterocycles. The number of carbonyl (C=O) groups excluding carboxylic acids is 1. The lowest BCUT2D eigenvalue weighted by Crippen LogP contribution is -2.39. The average molecular weight is 683 g/mol. The molecule has 2 aliphatic heterocycles. The van der Waals surface area contributed by atoms with Crippen LogP contribution in [0, 0.1) is 5.82 Å². The molecule has 2 aliphatic rings. The van der Waals surface area contributed by atoms with Crippen LogP contribution in [0.2, 0.25) is 0 Å². The molecule has 0 aliphatic carbocycles. The zero-order valence-corrected chi connectivity index (χ0v) is 27.5. The fourth-order valence-electron chi connectivity index (χ4n) is 5.54. The van der Waals surface area contributed by atoms with E-state index in [9.17, 15) is 13.2 Å². The Kier molecular flexibility index (Phi) is 9.68. The lowest BCUT2D eigenvalue weighted by atomic mass is 10.1. The molecule has 0 spiro atoms. The Morgan fingerprint density at radius 2 is 1.71 bits per heavy atom. The number of aromatic nitrogens is 5. The molecule has 254 valence electrons. The number of esters is 1. The Hall–Kier alpha value is -4.90. The predicted octanol–water partition coefficient (Wildman–Crippen LogP) is 3.06. The van der Waals surface area contributed by atoms with Crippen LogP contribution in [0.4, 0.5) is 22.0 Å². The monoisotopic (exact) mass is 682 g/mol. The molecule has 17 heteroatoms. The molecule has 1 aromatic carbocycles. The van der Waals surface area contributed by atoms with Crippen molar-refractivity contribution < 1.29 is 36.6 Å². The highest BCUT2D eigenvalue weighted by Gasteiger charge is 2.26. The maximum absolute atomic E-state index is 15.3. The topological polar surface area (TPSA) is 171 Å². The lowest BCUT2D eigenvalue weighted by Gasteiger charge is -2.32. The van der Waals surface area contributed by atoms with E-state index in [0.717, 1.165) is 6.26 Å². The molecule has 6 rings (SSSR count). The number of hydrogen-bond acceptors (Lipinski definition) is 14. The molecule has 4 aromatic rings. The fraction of sp³-hybridized carbons (Fsp3) is 0.419. The van der Waals surface area contributed by atoms with Gasteiger partial charge in [0.25, 0.3) is 0 Å². The molecule has 5 heterocycles. The predicted molar refractivity (Wildman–Crippen MR) is 175 cm³/mol. The number of sulfonamides is 1. The second kappa shape index (κ2) is 14.1. The molecule has 15 nitrogen and oxygen atoms in total. The molecule has 1 N–H and O–H groups in total. The van der Waals surface area contributed by atoms with Gasteiger partial charge in [-0.3, -0.25) is 4.72 Å². The molecule has 0 unspecified atom stereocenters. The molecular formula is C31H35FN8O7S. The summed E-state index contributed by atoms with van der Waals surface area (Å²) in [4.78, 5) is 38.6. The molecule has 0 radical (unpaired) electrons. The summed E-state index contributed by atoms with van der Waals surface area (Å²) in [5, 5.41) is 0.367. The Balaban J connectivity index is 1.31. The van der Waals surface area contributed by atoms with Crippen LogP contribution in [0.3, 0.4) is 0 Å². The summed E-state index contributed by atoms with van der Waals surface area (Å²) in [6.45, 7) is 5.22. The molecule has 0 atom stereocenters. The number of carbonyl (C=O) groups is 1. The number of fused-ring (bicyclic) bond motifs is 1. The molecule has 0 saturated carbocycles. The van der Waals surface area contributed by atoms with E-state index in [2.05, 4.69) is 19.7 Å². The van der Waals surface area contributed by atoms with Gasteiger partial charge < -0.3 is 28.7 Å². The Morgan fingerprint density at radius 1 is 1.00 bits per heavy atom. The number of pyridine rings is 1. The highest BCUT2D eigenvalue weighted by molar-refractivity contribution is 7.92. The number of benzene rings is 1. The second-order valence-electron chi connectivity index (χ2n) is 11.2. The van der Waals surface area contributed by atoms with E-state index in [1.165, 1.54) is 37.8 Å². The zero-order chi connectivity index (χ0) is 33.8. The second-order valence-corrected chi connectivity index (χ2v) is 13.0. The number of rotatable bonds is 10. The lowest BCUT2D eigenvalue weighted by molar-refractivity contribution is 0.0525. The van der Waals surface area contributed by atoms with E-state index < -0.39 is 21.8 Å². The number of hydrogen-bond donors (Lipinski definition) is 1. The van der Waals surface area contributed by atoms with Gasteiger partial charge in [0.15, 0.2) is 0 Å². The maximum atomic E-state index is 15.3. The molecule has 0 amide bonds. The molecule has 0 bridgehead atoms. The van der Waals surface area contributed by atoms with Gasteiger partial charge in [0, 0.05) is 74.6 Å². The van der Waals surface area contributed by atoms with E-state index in [-0.39, 0.29) is 35.6 Å². The number of nitrogens with one attached hydrogen (secondary N) is 1. The van der Waals surface area contributed by atoms with Crippen molar-refractivity contribution in [1.29, 1.82) is 0 Å². The molecule has 2 fully saturated rings. The van der Waals surface area contributed by atoms with Gasteiger partial charge in [0.05, 0.1) is 44.4 Å². The Bertz CT molecular complexity index is 1900. The van der Waals surface area contributed by atoms with Gasteiger partial charge in [-0.15, -0.1) is 0 Å². The first-order valence-electron chi connectivity index (χ1n) is 15.4. The minimum Gasteiger partial charge on any atom is -0.488 e. The van der Waals surface area contributed by atoms with Gasteiger partial charge in [0.2, 0.25) is 27.8 Å². The zero-order valence-electron chi connectivity index (χ0n) is 26.7. The fourth-order valence-corrected chi connectivity index (χ4v) is 6.09. The smallest absolute Gasteiger partial charge is 0.341 e. The molecule has 3 aromatic heterocycles. The van der Waals surface area contributed by atoms with Gasteiger partial charge in [0.1, 0.15) is 28.9 Å². The van der Waals surface area contributed by atoms with E-state index >= 15 is 4.39 Å². The van der Waals surface area contributed by atoms with Crippen molar-refractivity contribution in [1.82, 2.24) is 24.9 Å². The van der Waals surface area contributed by atoms with E-state index in [1.807, 2.05) is 9.80 Å². The maximum Gasteiger partial charge on any atom is 0.341 e. The van der Waals surface area contributed by atoms with Crippen LogP contribution < -0.4 is 24.0 Å². The summed E-state index contributed by atoms with van der Waals surface area (Å²) in [7, 11) is -2.29. The Labute approximate surface area is 276 Å². The number of halogens is 1. The summed E-state index contributed by atoms with van der Waals surface area (Å²) >= 11 is 0. The number of nitrogens with zero attached hydrogens (tertiary/aromatic N) is 7. The number of methoxy groups -OCH3 is 1. The van der Waals surface area contributed by atoms with Crippen LogP contribution in [0.5, 0.6) is 11.6 Å². The van der Waals surface area contributed by atoms with Crippen molar-refractivity contribution in [3.8, 4) is 22.9 Å². The largest absolute Gasteiger partial charge is 0.488 e. The molecule has 48 heavy (non-hydrogen) atoms. The summed E-state index contributed by atoms with van der Waals surface area (Å²) in [6, 6.07) is 4.18. The first-order chi connectivity index (χ1) is 23.1. The van der Waals surface area contributed by atoms with Gasteiger partial charge in [-0.25, -0.2) is 42.5 Å². The van der Waals surface area contributed by atoms with Crippen LogP contribution in [0.1, 0.15) is 30.1 Å². The third-order valence-electron chi connectivity index (χ3n) is 7.79. The van der Waals surface area contributed by atoms with Crippen molar-refractivity contribution in [2.45, 2.75) is 25.9 Å². The highest BCUT2D eigenvalue weighted by atomic mass is 32.2. The van der Waals surface area contributed by atoms with E-state index in [4.69, 9.17) is 28.9 Å². The summed E-state index contributed by atoms with van der Waals surface area (Å²) in [5.74, 6) is 0.180. The van der Waals surface area contributed by atoms with Crippen molar-refractivity contribution in [2.75, 3.05) is 73.9 Å². The first kappa shape index (κ1) is 33.0. The van der Waals surface area contributed by atoms with Crippen molar-refractivity contribution >= 4 is 44.5 Å². The highest BCUT2D eigenvalue weighted by Crippen LogP contribution is 2.37. The van der Waals surface area contributed by atoms with Crippen LogP contribution >= 0.6 is 0 Å². The van der Waals surface area contributed by atoms with Crippen molar-refractivity contribution in [3.63, 3.8) is 0 Å². The van der Waals surface area contributed by atoms with Gasteiger partial charge >= 0.3 is 5.97 Å². The van der Waals surface area contributed by atoms with Crippen LogP contribution in [-0.4, -0.2) is 105 Å². The van der Waals surface area contributed by atoms with Crippen molar-refractivity contribution in [3.05, 3.63) is 48.2 Å². The normalized spacial score (nSPS) is 15.8. The summed E-state index contributed by atoms with van der Waals surface area (Å²) in [5.41, 5.74) is 1.55. The van der Waals surface area contributed by atoms with Gasteiger partial charge in [-0.2, -0.15) is 0 Å². The van der Waals surface area contributed by atoms with Crippen LogP contribution in [0.15, 0.2) is 36.8 Å². The van der Waals surface area contributed by atoms with Crippen LogP contribution in [0.25, 0.3) is 22.2 Å². The van der Waals surface area contributed by atoms with Gasteiger partial charge in [-0.05, 0) is 19.1 Å². The number of morpholine rings is 1. The van der Waals surface area contributed by atoms with Gasteiger partial charge in [-0.1, -0.05) is 0 Å². The van der Waals surface area contributed by atoms with Crippen LogP contribution in [-0.2, 0) is 19.5 Å². The summed E-state index contributed by atoms with van der Waals surface area (Å²) in [6.07, 6.45) is 6.33. The Morgan fingerprint density at radius 3 is 2.38 bits per heavy atom. The quantitative estimate of drug-likeness (QED) is 0.242. The first-order valence-corrected chi connectivity index (χ1v) is 17.3. The van der Waals surface area contributed by atoms with E-state index in [0.29, 0.717) is 86.3 Å². The summed E-state index contributed by atoms with van der Waals surface area (Å²) < 4.78 is 64.2. The number of anilines is 3. The van der Waals surface area contributed by atoms with E-state index in [1.54, 1.807) is 13.0 Å². The molecular weight excluding hydrogens is 647 g/mol. The minimum atomic E-state index is -3.67. The SMILES string of the molecule is CCOC(=O)c1cnc(N2CCC(Oc3cc(F)cc4c(-c5cnc(OC)c(NS(C)(=O)=O)c5)nc(N5CCOCC5)nc34)CC2)nc1. The third kappa shape index (κ3) is 7.46. The minimum absolute atomic E-state index is 0.0674. The average Bonchev–Trinajstić information content (AvgIpc) is 3.08. The number of ether oxygens (including phenoxy) is 4. The number of piperidine rings is 1. The van der Waals surface area contributed by atoms with Crippen molar-refractivity contribution in [2.24, 2.45) is 0 Å².